The maximum absolute atomic E-state index is 11.2. The zero-order valence-electron chi connectivity index (χ0n) is 9.55. The van der Waals surface area contributed by atoms with Crippen molar-refractivity contribution in [3.8, 4) is 0 Å². The predicted octanol–water partition coefficient (Wildman–Crippen LogP) is 2.35. The second kappa shape index (κ2) is 6.48. The molecule has 0 unspecified atom stereocenters. The molecule has 1 N–H and O–H groups in total. The van der Waals surface area contributed by atoms with Crippen molar-refractivity contribution in [3.63, 3.8) is 0 Å². The van der Waals surface area contributed by atoms with Crippen molar-refractivity contribution in [3.05, 3.63) is 41.5 Å². The zero-order valence-corrected chi connectivity index (χ0v) is 9.55. The van der Waals surface area contributed by atoms with E-state index in [2.05, 4.69) is 0 Å². The van der Waals surface area contributed by atoms with Gasteiger partial charge in [-0.05, 0) is 24.1 Å². The van der Waals surface area contributed by atoms with Gasteiger partial charge in [-0.3, -0.25) is 0 Å². The van der Waals surface area contributed by atoms with E-state index < -0.39 is 11.9 Å². The largest absolute Gasteiger partial charge is 0.478 e. The van der Waals surface area contributed by atoms with Gasteiger partial charge in [-0.1, -0.05) is 25.1 Å². The van der Waals surface area contributed by atoms with E-state index in [1.54, 1.807) is 18.2 Å². The molecule has 4 nitrogen and oxygen atoms in total. The minimum Gasteiger partial charge on any atom is -0.478 e. The van der Waals surface area contributed by atoms with Crippen LogP contribution in [0.1, 0.15) is 29.3 Å². The SMILES string of the molecule is CCCOC(=O)C=Cc1ccccc1C(=O)O. The standard InChI is InChI=1S/C13H14O4/c1-2-9-17-12(14)8-7-10-5-3-4-6-11(10)13(15)16/h3-8H,2,9H2,1H3,(H,15,16). The van der Waals surface area contributed by atoms with Gasteiger partial charge in [0, 0.05) is 6.08 Å². The smallest absolute Gasteiger partial charge is 0.336 e. The van der Waals surface area contributed by atoms with Crippen molar-refractivity contribution >= 4 is 18.0 Å². The van der Waals surface area contributed by atoms with Gasteiger partial charge in [-0.15, -0.1) is 0 Å². The molecule has 0 aliphatic rings. The molecule has 0 bridgehead atoms. The summed E-state index contributed by atoms with van der Waals surface area (Å²) in [6, 6.07) is 6.46. The predicted molar refractivity (Wildman–Crippen MR) is 63.7 cm³/mol. The molecule has 17 heavy (non-hydrogen) atoms. The normalized spacial score (nSPS) is 10.4. The third kappa shape index (κ3) is 4.10. The van der Waals surface area contributed by atoms with Crippen molar-refractivity contribution in [1.29, 1.82) is 0 Å². The first-order chi connectivity index (χ1) is 8.15. The first kappa shape index (κ1) is 13.0. The van der Waals surface area contributed by atoms with E-state index >= 15 is 0 Å². The Hall–Kier alpha value is -2.10. The third-order valence-electron chi connectivity index (χ3n) is 2.04. The number of ether oxygens (including phenoxy) is 1. The van der Waals surface area contributed by atoms with E-state index in [1.165, 1.54) is 18.2 Å². The lowest BCUT2D eigenvalue weighted by Gasteiger charge is -2.00. The van der Waals surface area contributed by atoms with Crippen molar-refractivity contribution < 1.29 is 19.4 Å². The molecule has 0 aliphatic carbocycles. The zero-order chi connectivity index (χ0) is 12.7. The molecule has 0 saturated heterocycles. The highest BCUT2D eigenvalue weighted by molar-refractivity contribution is 5.94. The van der Waals surface area contributed by atoms with Gasteiger partial charge in [0.15, 0.2) is 0 Å². The number of carboxylic acids is 1. The van der Waals surface area contributed by atoms with E-state index in [-0.39, 0.29) is 5.56 Å². The molecule has 0 aromatic heterocycles. The summed E-state index contributed by atoms with van der Waals surface area (Å²) >= 11 is 0. The average Bonchev–Trinajstić information content (AvgIpc) is 2.34. The molecule has 0 fully saturated rings. The Morgan fingerprint density at radius 1 is 1.35 bits per heavy atom. The van der Waals surface area contributed by atoms with Gasteiger partial charge in [0.1, 0.15) is 0 Å². The Kier molecular flexibility index (Phi) is 4.94. The lowest BCUT2D eigenvalue weighted by Crippen LogP contribution is -2.02. The summed E-state index contributed by atoms with van der Waals surface area (Å²) in [6.45, 7) is 2.26. The number of hydrogen-bond donors (Lipinski definition) is 1. The van der Waals surface area contributed by atoms with Gasteiger partial charge in [0.05, 0.1) is 12.2 Å². The monoisotopic (exact) mass is 234 g/mol. The Morgan fingerprint density at radius 3 is 2.71 bits per heavy atom. The van der Waals surface area contributed by atoms with Crippen molar-refractivity contribution in [2.75, 3.05) is 6.61 Å². The Bertz CT molecular complexity index is 435. The number of rotatable bonds is 5. The van der Waals surface area contributed by atoms with Crippen LogP contribution in [0.4, 0.5) is 0 Å². The Morgan fingerprint density at radius 2 is 2.06 bits per heavy atom. The van der Waals surface area contributed by atoms with Crippen LogP contribution >= 0.6 is 0 Å². The Labute approximate surface area is 99.5 Å². The first-order valence-electron chi connectivity index (χ1n) is 5.32. The van der Waals surface area contributed by atoms with E-state index in [9.17, 15) is 9.59 Å². The van der Waals surface area contributed by atoms with Crippen LogP contribution in [0.15, 0.2) is 30.3 Å². The number of carbonyl (C=O) groups is 2. The summed E-state index contributed by atoms with van der Waals surface area (Å²) in [4.78, 5) is 22.1. The molecule has 0 aliphatic heterocycles. The summed E-state index contributed by atoms with van der Waals surface area (Å²) in [7, 11) is 0. The summed E-state index contributed by atoms with van der Waals surface area (Å²) in [6.07, 6.45) is 3.43. The maximum Gasteiger partial charge on any atom is 0.336 e. The number of carboxylic acid groups (broad SMARTS) is 1. The molecule has 0 radical (unpaired) electrons. The van der Waals surface area contributed by atoms with Crippen molar-refractivity contribution in [2.24, 2.45) is 0 Å². The fourth-order valence-electron chi connectivity index (χ4n) is 1.25. The van der Waals surface area contributed by atoms with Crippen LogP contribution in [-0.2, 0) is 9.53 Å². The molecule has 1 rings (SSSR count). The highest BCUT2D eigenvalue weighted by atomic mass is 16.5. The van der Waals surface area contributed by atoms with E-state index in [0.29, 0.717) is 12.2 Å². The molecule has 0 saturated carbocycles. The third-order valence-corrected chi connectivity index (χ3v) is 2.04. The molecule has 90 valence electrons. The van der Waals surface area contributed by atoms with E-state index in [1.807, 2.05) is 6.92 Å². The summed E-state index contributed by atoms with van der Waals surface area (Å²) < 4.78 is 4.84. The minimum absolute atomic E-state index is 0.159. The van der Waals surface area contributed by atoms with Crippen LogP contribution in [0.5, 0.6) is 0 Å². The van der Waals surface area contributed by atoms with Crippen LogP contribution in [-0.4, -0.2) is 23.7 Å². The number of aromatic carboxylic acids is 1. The first-order valence-corrected chi connectivity index (χ1v) is 5.32. The second-order valence-electron chi connectivity index (χ2n) is 3.39. The molecule has 4 heteroatoms. The number of benzene rings is 1. The van der Waals surface area contributed by atoms with Crippen LogP contribution < -0.4 is 0 Å². The van der Waals surface area contributed by atoms with Crippen LogP contribution in [0.2, 0.25) is 0 Å². The molecule has 0 spiro atoms. The lowest BCUT2D eigenvalue weighted by molar-refractivity contribution is -0.137. The molecule has 1 aromatic carbocycles. The fraction of sp³-hybridized carbons (Fsp3) is 0.231. The average molecular weight is 234 g/mol. The highest BCUT2D eigenvalue weighted by Crippen LogP contribution is 2.10. The van der Waals surface area contributed by atoms with E-state index in [4.69, 9.17) is 9.84 Å². The molecular weight excluding hydrogens is 220 g/mol. The molecule has 0 atom stereocenters. The van der Waals surface area contributed by atoms with E-state index in [0.717, 1.165) is 6.42 Å². The van der Waals surface area contributed by atoms with Crippen molar-refractivity contribution in [2.45, 2.75) is 13.3 Å². The summed E-state index contributed by atoms with van der Waals surface area (Å²) in [5.41, 5.74) is 0.639. The molecular formula is C13H14O4. The van der Waals surface area contributed by atoms with Crippen molar-refractivity contribution in [1.82, 2.24) is 0 Å². The fourth-order valence-corrected chi connectivity index (χ4v) is 1.25. The molecule has 0 heterocycles. The molecule has 1 aromatic rings. The Balaban J connectivity index is 2.77. The van der Waals surface area contributed by atoms with Gasteiger partial charge < -0.3 is 9.84 Å². The topological polar surface area (TPSA) is 63.6 Å². The molecule has 0 amide bonds. The van der Waals surface area contributed by atoms with Gasteiger partial charge in [0.25, 0.3) is 0 Å². The van der Waals surface area contributed by atoms with Gasteiger partial charge in [-0.2, -0.15) is 0 Å². The van der Waals surface area contributed by atoms with Gasteiger partial charge in [-0.25, -0.2) is 9.59 Å². The number of carbonyl (C=O) groups excluding carboxylic acids is 1. The number of esters is 1. The minimum atomic E-state index is -1.02. The van der Waals surface area contributed by atoms with Crippen LogP contribution in [0, 0.1) is 0 Å². The highest BCUT2D eigenvalue weighted by Gasteiger charge is 2.06. The quantitative estimate of drug-likeness (QED) is 0.627. The van der Waals surface area contributed by atoms with Gasteiger partial charge >= 0.3 is 11.9 Å². The maximum atomic E-state index is 11.2. The summed E-state index contributed by atoms with van der Waals surface area (Å²) in [5, 5.41) is 8.92. The van der Waals surface area contributed by atoms with Crippen LogP contribution in [0.3, 0.4) is 0 Å². The number of hydrogen-bond acceptors (Lipinski definition) is 3. The van der Waals surface area contributed by atoms with Crippen LogP contribution in [0.25, 0.3) is 6.08 Å². The lowest BCUT2D eigenvalue weighted by atomic mass is 10.1. The summed E-state index contributed by atoms with van der Waals surface area (Å²) in [5.74, 6) is -1.49. The van der Waals surface area contributed by atoms with Gasteiger partial charge in [0.2, 0.25) is 0 Å². The second-order valence-corrected chi connectivity index (χ2v) is 3.39.